The molecule has 6 heteroatoms. The molecule has 0 unspecified atom stereocenters. The zero-order valence-corrected chi connectivity index (χ0v) is 14.5. The van der Waals surface area contributed by atoms with Crippen molar-refractivity contribution in [3.63, 3.8) is 0 Å². The van der Waals surface area contributed by atoms with Crippen LogP contribution in [0.3, 0.4) is 0 Å². The molecule has 1 aliphatic heterocycles. The van der Waals surface area contributed by atoms with Crippen LogP contribution in [0.25, 0.3) is 11.3 Å². The van der Waals surface area contributed by atoms with Gasteiger partial charge in [0, 0.05) is 10.9 Å². The number of para-hydroxylation sites is 1. The molecule has 0 saturated carbocycles. The molecular formula is C19H18FN3OS. The quantitative estimate of drug-likeness (QED) is 0.719. The summed E-state index contributed by atoms with van der Waals surface area (Å²) in [5.74, 6) is -0.230. The molecule has 4 rings (SSSR count). The van der Waals surface area contributed by atoms with Crippen LogP contribution in [0.5, 0.6) is 0 Å². The molecule has 2 aromatic carbocycles. The highest BCUT2D eigenvalue weighted by Crippen LogP contribution is 2.22. The first-order valence-corrected chi connectivity index (χ1v) is 9.08. The average molecular weight is 355 g/mol. The average Bonchev–Trinajstić information content (AvgIpc) is 3.07. The molecule has 0 amide bonds. The summed E-state index contributed by atoms with van der Waals surface area (Å²) in [6.07, 6.45) is 0. The fraction of sp³-hybridized carbons (Fsp3) is 0.211. The van der Waals surface area contributed by atoms with E-state index in [-0.39, 0.29) is 5.82 Å². The zero-order chi connectivity index (χ0) is 17.1. The van der Waals surface area contributed by atoms with Crippen molar-refractivity contribution in [2.75, 3.05) is 31.3 Å². The molecular weight excluding hydrogens is 337 g/mol. The van der Waals surface area contributed by atoms with Crippen LogP contribution < -0.4 is 9.81 Å². The predicted octanol–water partition coefficient (Wildman–Crippen LogP) is 3.56. The van der Waals surface area contributed by atoms with Crippen LogP contribution in [0.2, 0.25) is 0 Å². The van der Waals surface area contributed by atoms with Crippen molar-refractivity contribution in [1.82, 2.24) is 4.68 Å². The van der Waals surface area contributed by atoms with Gasteiger partial charge in [0.05, 0.1) is 37.7 Å². The van der Waals surface area contributed by atoms with Crippen molar-refractivity contribution in [3.05, 3.63) is 70.6 Å². The molecule has 0 bridgehead atoms. The predicted molar refractivity (Wildman–Crippen MR) is 98.1 cm³/mol. The number of halogens is 1. The van der Waals surface area contributed by atoms with Crippen molar-refractivity contribution >= 4 is 17.0 Å². The third-order valence-electron chi connectivity index (χ3n) is 4.08. The molecule has 0 N–H and O–H groups in total. The van der Waals surface area contributed by atoms with E-state index in [4.69, 9.17) is 9.73 Å². The van der Waals surface area contributed by atoms with E-state index in [0.29, 0.717) is 13.2 Å². The Morgan fingerprint density at radius 3 is 2.40 bits per heavy atom. The van der Waals surface area contributed by atoms with Gasteiger partial charge in [-0.2, -0.15) is 0 Å². The van der Waals surface area contributed by atoms with Gasteiger partial charge in [-0.15, -0.1) is 11.3 Å². The first-order chi connectivity index (χ1) is 12.3. The second kappa shape index (κ2) is 7.21. The molecule has 0 atom stereocenters. The summed E-state index contributed by atoms with van der Waals surface area (Å²) in [5, 5.41) is 4.31. The lowest BCUT2D eigenvalue weighted by Crippen LogP contribution is -2.48. The third kappa shape index (κ3) is 3.50. The highest BCUT2D eigenvalue weighted by Gasteiger charge is 2.17. The van der Waals surface area contributed by atoms with E-state index in [1.165, 1.54) is 12.1 Å². The molecule has 3 aromatic rings. The number of hydrogen-bond donors (Lipinski definition) is 0. The van der Waals surface area contributed by atoms with Crippen molar-refractivity contribution in [2.24, 2.45) is 4.99 Å². The van der Waals surface area contributed by atoms with Gasteiger partial charge in [0.25, 0.3) is 0 Å². The maximum Gasteiger partial charge on any atom is 0.209 e. The first kappa shape index (κ1) is 16.1. The number of nitrogens with zero attached hydrogens (tertiary/aromatic N) is 3. The van der Waals surface area contributed by atoms with E-state index in [1.807, 2.05) is 30.3 Å². The van der Waals surface area contributed by atoms with Gasteiger partial charge in [-0.3, -0.25) is 0 Å². The lowest BCUT2D eigenvalue weighted by molar-refractivity contribution is 0.111. The first-order valence-electron chi connectivity index (χ1n) is 8.20. The van der Waals surface area contributed by atoms with Crippen LogP contribution in [0.4, 0.5) is 10.1 Å². The van der Waals surface area contributed by atoms with Gasteiger partial charge in [0.15, 0.2) is 0 Å². The van der Waals surface area contributed by atoms with Gasteiger partial charge >= 0.3 is 0 Å². The molecule has 0 radical (unpaired) electrons. The minimum Gasteiger partial charge on any atom is -0.378 e. The number of aromatic nitrogens is 1. The summed E-state index contributed by atoms with van der Waals surface area (Å²) in [4.78, 5) is 5.70. The molecule has 0 spiro atoms. The Morgan fingerprint density at radius 1 is 0.960 bits per heavy atom. The molecule has 0 aliphatic carbocycles. The Kier molecular flexibility index (Phi) is 4.63. The van der Waals surface area contributed by atoms with Gasteiger partial charge in [-0.05, 0) is 36.4 Å². The second-order valence-corrected chi connectivity index (χ2v) is 6.57. The highest BCUT2D eigenvalue weighted by atomic mass is 32.1. The Labute approximate surface area is 149 Å². The van der Waals surface area contributed by atoms with Crippen LogP contribution in [0.1, 0.15) is 0 Å². The maximum absolute atomic E-state index is 13.3. The van der Waals surface area contributed by atoms with Crippen LogP contribution in [0.15, 0.2) is 65.0 Å². The van der Waals surface area contributed by atoms with Crippen molar-refractivity contribution in [2.45, 2.75) is 0 Å². The lowest BCUT2D eigenvalue weighted by Gasteiger charge is -2.31. The monoisotopic (exact) mass is 355 g/mol. The minimum atomic E-state index is -0.230. The lowest BCUT2D eigenvalue weighted by atomic mass is 10.2. The number of benzene rings is 2. The van der Waals surface area contributed by atoms with E-state index in [9.17, 15) is 4.39 Å². The van der Waals surface area contributed by atoms with Crippen LogP contribution >= 0.6 is 11.3 Å². The Bertz CT molecular complexity index is 896. The van der Waals surface area contributed by atoms with E-state index in [1.54, 1.807) is 23.5 Å². The van der Waals surface area contributed by atoms with Crippen LogP contribution in [-0.4, -0.2) is 31.0 Å². The van der Waals surface area contributed by atoms with Gasteiger partial charge in [-0.25, -0.2) is 14.1 Å². The van der Waals surface area contributed by atoms with Gasteiger partial charge in [-0.1, -0.05) is 18.2 Å². The van der Waals surface area contributed by atoms with Crippen LogP contribution in [-0.2, 0) is 4.74 Å². The number of ether oxygens (including phenoxy) is 1. The van der Waals surface area contributed by atoms with Gasteiger partial charge in [0.2, 0.25) is 4.80 Å². The Balaban J connectivity index is 1.84. The standard InChI is InChI=1S/C19H18FN3OS/c20-16-8-6-15(7-9-16)18-14-25-19(21-17-4-2-1-3-5-17)23(18)22-10-12-24-13-11-22/h1-9,14H,10-13H2. The summed E-state index contributed by atoms with van der Waals surface area (Å²) in [7, 11) is 0. The summed E-state index contributed by atoms with van der Waals surface area (Å²) in [6, 6.07) is 16.5. The van der Waals surface area contributed by atoms with Crippen LogP contribution in [0, 0.1) is 5.82 Å². The molecule has 128 valence electrons. The summed E-state index contributed by atoms with van der Waals surface area (Å²) in [5.41, 5.74) is 2.90. The van der Waals surface area contributed by atoms with E-state index >= 15 is 0 Å². The van der Waals surface area contributed by atoms with E-state index in [0.717, 1.165) is 34.8 Å². The minimum absolute atomic E-state index is 0.230. The fourth-order valence-corrected chi connectivity index (χ4v) is 3.76. The van der Waals surface area contributed by atoms with Crippen molar-refractivity contribution in [1.29, 1.82) is 0 Å². The molecule has 1 saturated heterocycles. The summed E-state index contributed by atoms with van der Waals surface area (Å²) >= 11 is 1.58. The van der Waals surface area contributed by atoms with Crippen molar-refractivity contribution in [3.8, 4) is 11.3 Å². The van der Waals surface area contributed by atoms with Crippen molar-refractivity contribution < 1.29 is 9.13 Å². The zero-order valence-electron chi connectivity index (χ0n) is 13.6. The molecule has 4 nitrogen and oxygen atoms in total. The normalized spacial score (nSPS) is 15.6. The maximum atomic E-state index is 13.3. The molecule has 1 fully saturated rings. The topological polar surface area (TPSA) is 29.8 Å². The van der Waals surface area contributed by atoms with E-state index < -0.39 is 0 Å². The number of thiazole rings is 1. The second-order valence-electron chi connectivity index (χ2n) is 5.74. The Morgan fingerprint density at radius 2 is 1.68 bits per heavy atom. The smallest absolute Gasteiger partial charge is 0.209 e. The van der Waals surface area contributed by atoms with Gasteiger partial charge in [0.1, 0.15) is 5.82 Å². The fourth-order valence-electron chi connectivity index (χ4n) is 2.84. The van der Waals surface area contributed by atoms with Gasteiger partial charge < -0.3 is 9.75 Å². The molecule has 1 aliphatic rings. The highest BCUT2D eigenvalue weighted by molar-refractivity contribution is 7.07. The van der Waals surface area contributed by atoms with E-state index in [2.05, 4.69) is 15.1 Å². The summed E-state index contributed by atoms with van der Waals surface area (Å²) in [6.45, 7) is 2.98. The third-order valence-corrected chi connectivity index (χ3v) is 4.89. The molecule has 2 heterocycles. The number of hydrogen-bond acceptors (Lipinski definition) is 4. The number of morpholine rings is 1. The molecule has 1 aromatic heterocycles. The molecule has 25 heavy (non-hydrogen) atoms. The Hall–Kier alpha value is -2.44. The number of rotatable bonds is 3. The largest absolute Gasteiger partial charge is 0.378 e. The summed E-state index contributed by atoms with van der Waals surface area (Å²) < 4.78 is 20.9. The SMILES string of the molecule is Fc1ccc(-c2csc(=Nc3ccccc3)n2N2CCOCC2)cc1.